The molecule has 1 heterocycles. The van der Waals surface area contributed by atoms with Crippen molar-refractivity contribution in [3.63, 3.8) is 0 Å². The van der Waals surface area contributed by atoms with E-state index in [1.165, 1.54) is 28.8 Å². The van der Waals surface area contributed by atoms with Crippen molar-refractivity contribution < 1.29 is 14.0 Å². The minimum absolute atomic E-state index is 0.0298. The molecule has 0 bridgehead atoms. The predicted octanol–water partition coefficient (Wildman–Crippen LogP) is 6.61. The molecule has 208 valence electrons. The zero-order valence-corrected chi connectivity index (χ0v) is 23.5. The summed E-state index contributed by atoms with van der Waals surface area (Å²) in [6.07, 6.45) is 8.92. The number of piperidine rings is 1. The van der Waals surface area contributed by atoms with E-state index in [0.29, 0.717) is 12.3 Å². The molecule has 1 aliphatic heterocycles. The summed E-state index contributed by atoms with van der Waals surface area (Å²) in [7, 11) is 0. The van der Waals surface area contributed by atoms with Crippen LogP contribution in [0.4, 0.5) is 10.1 Å². The van der Waals surface area contributed by atoms with Gasteiger partial charge in [0.15, 0.2) is 0 Å². The van der Waals surface area contributed by atoms with E-state index in [-0.39, 0.29) is 23.5 Å². The highest BCUT2D eigenvalue weighted by atomic mass is 19.1. The Labute approximate surface area is 228 Å². The van der Waals surface area contributed by atoms with Gasteiger partial charge >= 0.3 is 0 Å². The van der Waals surface area contributed by atoms with E-state index in [1.807, 2.05) is 32.0 Å². The Morgan fingerprint density at radius 3 is 2.39 bits per heavy atom. The van der Waals surface area contributed by atoms with Crippen LogP contribution < -0.4 is 10.6 Å². The van der Waals surface area contributed by atoms with Gasteiger partial charge < -0.3 is 15.5 Å². The molecule has 0 spiro atoms. The zero-order chi connectivity index (χ0) is 27.3. The summed E-state index contributed by atoms with van der Waals surface area (Å²) in [5, 5.41) is 6.12. The molecule has 1 saturated heterocycles. The average Bonchev–Trinajstić information content (AvgIpc) is 2.91. The summed E-state index contributed by atoms with van der Waals surface area (Å²) in [6, 6.07) is 13.0. The molecule has 5 nitrogen and oxygen atoms in total. The Hall–Kier alpha value is -2.73. The molecule has 0 unspecified atom stereocenters. The molecular formula is C32H46FN3O2. The molecule has 3 rings (SSSR count). The molecule has 2 N–H and O–H groups in total. The fourth-order valence-corrected chi connectivity index (χ4v) is 5.15. The number of hydrogen-bond acceptors (Lipinski definition) is 3. The Kier molecular flexibility index (Phi) is 12.3. The Balaban J connectivity index is 1.24. The van der Waals surface area contributed by atoms with Crippen LogP contribution in [0.25, 0.3) is 0 Å². The van der Waals surface area contributed by atoms with Crippen LogP contribution in [0.15, 0.2) is 42.5 Å². The van der Waals surface area contributed by atoms with E-state index in [4.69, 9.17) is 0 Å². The number of aryl methyl sites for hydroxylation is 2. The summed E-state index contributed by atoms with van der Waals surface area (Å²) in [5.74, 6) is 0.518. The van der Waals surface area contributed by atoms with Gasteiger partial charge in [0.25, 0.3) is 0 Å². The monoisotopic (exact) mass is 523 g/mol. The van der Waals surface area contributed by atoms with Gasteiger partial charge in [-0.1, -0.05) is 44.9 Å². The average molecular weight is 524 g/mol. The minimum Gasteiger partial charge on any atom is -0.356 e. The lowest BCUT2D eigenvalue weighted by Crippen LogP contribution is -2.35. The molecule has 0 saturated carbocycles. The van der Waals surface area contributed by atoms with Gasteiger partial charge in [0.1, 0.15) is 5.82 Å². The number of nitrogens with one attached hydrogen (secondary N) is 2. The van der Waals surface area contributed by atoms with Gasteiger partial charge in [-0.3, -0.25) is 9.59 Å². The van der Waals surface area contributed by atoms with Crippen LogP contribution in [-0.4, -0.2) is 42.9 Å². The highest BCUT2D eigenvalue weighted by Crippen LogP contribution is 2.32. The van der Waals surface area contributed by atoms with Crippen molar-refractivity contribution in [2.24, 2.45) is 5.92 Å². The second kappa shape index (κ2) is 15.6. The SMILES string of the molecule is Cc1ccc(NC(=O)C(C)C)cc1C1CCN(CCCNC(=O)CCCCCCc2ccc(F)cc2)CC1. The van der Waals surface area contributed by atoms with Crippen molar-refractivity contribution in [3.8, 4) is 0 Å². The summed E-state index contributed by atoms with van der Waals surface area (Å²) in [6.45, 7) is 9.86. The van der Waals surface area contributed by atoms with E-state index in [2.05, 4.69) is 34.6 Å². The molecule has 2 aromatic rings. The fourth-order valence-electron chi connectivity index (χ4n) is 5.15. The van der Waals surface area contributed by atoms with Gasteiger partial charge in [0.2, 0.25) is 11.8 Å². The number of carbonyl (C=O) groups is 2. The molecule has 0 atom stereocenters. The lowest BCUT2D eigenvalue weighted by atomic mass is 9.86. The third kappa shape index (κ3) is 10.2. The molecule has 0 aliphatic carbocycles. The lowest BCUT2D eigenvalue weighted by molar-refractivity contribution is -0.121. The van der Waals surface area contributed by atoms with Crippen LogP contribution in [0.5, 0.6) is 0 Å². The smallest absolute Gasteiger partial charge is 0.226 e. The van der Waals surface area contributed by atoms with Crippen LogP contribution in [-0.2, 0) is 16.0 Å². The van der Waals surface area contributed by atoms with Crippen molar-refractivity contribution in [3.05, 3.63) is 65.0 Å². The first-order valence-electron chi connectivity index (χ1n) is 14.5. The highest BCUT2D eigenvalue weighted by molar-refractivity contribution is 5.92. The van der Waals surface area contributed by atoms with Crippen molar-refractivity contribution in [1.29, 1.82) is 0 Å². The quantitative estimate of drug-likeness (QED) is 0.274. The van der Waals surface area contributed by atoms with Crippen molar-refractivity contribution in [1.82, 2.24) is 10.2 Å². The van der Waals surface area contributed by atoms with Crippen molar-refractivity contribution in [2.45, 2.75) is 84.5 Å². The number of nitrogens with zero attached hydrogens (tertiary/aromatic N) is 1. The van der Waals surface area contributed by atoms with E-state index < -0.39 is 0 Å². The third-order valence-corrected chi connectivity index (χ3v) is 7.60. The maximum Gasteiger partial charge on any atom is 0.226 e. The number of rotatable bonds is 14. The van der Waals surface area contributed by atoms with Gasteiger partial charge in [-0.05, 0) is 112 Å². The minimum atomic E-state index is -0.188. The normalized spacial score (nSPS) is 14.6. The first-order chi connectivity index (χ1) is 18.3. The number of unbranched alkanes of at least 4 members (excludes halogenated alkanes) is 3. The van der Waals surface area contributed by atoms with Gasteiger partial charge in [0, 0.05) is 24.6 Å². The maximum absolute atomic E-state index is 12.9. The highest BCUT2D eigenvalue weighted by Gasteiger charge is 2.22. The molecule has 0 radical (unpaired) electrons. The molecule has 1 aliphatic rings. The lowest BCUT2D eigenvalue weighted by Gasteiger charge is -2.33. The number of hydrogen-bond donors (Lipinski definition) is 2. The Morgan fingerprint density at radius 1 is 0.974 bits per heavy atom. The number of amides is 2. The summed E-state index contributed by atoms with van der Waals surface area (Å²) in [4.78, 5) is 26.7. The van der Waals surface area contributed by atoms with Gasteiger partial charge in [-0.2, -0.15) is 0 Å². The third-order valence-electron chi connectivity index (χ3n) is 7.60. The molecule has 0 aromatic heterocycles. The van der Waals surface area contributed by atoms with Gasteiger partial charge in [0.05, 0.1) is 0 Å². The van der Waals surface area contributed by atoms with Crippen LogP contribution in [0, 0.1) is 18.7 Å². The second-order valence-electron chi connectivity index (χ2n) is 11.1. The number of carbonyl (C=O) groups excluding carboxylic acids is 2. The van der Waals surface area contributed by atoms with E-state index >= 15 is 0 Å². The molecular weight excluding hydrogens is 477 g/mol. The van der Waals surface area contributed by atoms with Crippen molar-refractivity contribution in [2.75, 3.05) is 31.5 Å². The first kappa shape index (κ1) is 29.8. The summed E-state index contributed by atoms with van der Waals surface area (Å²) >= 11 is 0. The zero-order valence-electron chi connectivity index (χ0n) is 23.5. The maximum atomic E-state index is 12.9. The van der Waals surface area contributed by atoms with Crippen LogP contribution >= 0.6 is 0 Å². The number of likely N-dealkylation sites (tertiary alicyclic amines) is 1. The summed E-state index contributed by atoms with van der Waals surface area (Å²) in [5.41, 5.74) is 4.72. The van der Waals surface area contributed by atoms with E-state index in [1.54, 1.807) is 0 Å². The van der Waals surface area contributed by atoms with Crippen LogP contribution in [0.3, 0.4) is 0 Å². The van der Waals surface area contributed by atoms with E-state index in [0.717, 1.165) is 83.2 Å². The number of anilines is 1. The molecule has 2 aromatic carbocycles. The predicted molar refractivity (Wildman–Crippen MR) is 154 cm³/mol. The largest absolute Gasteiger partial charge is 0.356 e. The van der Waals surface area contributed by atoms with Crippen LogP contribution in [0.2, 0.25) is 0 Å². The van der Waals surface area contributed by atoms with Gasteiger partial charge in [-0.15, -0.1) is 0 Å². The molecule has 1 fully saturated rings. The van der Waals surface area contributed by atoms with Crippen molar-refractivity contribution >= 4 is 17.5 Å². The number of benzene rings is 2. The fraction of sp³-hybridized carbons (Fsp3) is 0.562. The Morgan fingerprint density at radius 2 is 1.68 bits per heavy atom. The molecule has 38 heavy (non-hydrogen) atoms. The Bertz CT molecular complexity index is 1010. The van der Waals surface area contributed by atoms with Gasteiger partial charge in [-0.25, -0.2) is 4.39 Å². The second-order valence-corrected chi connectivity index (χ2v) is 11.1. The first-order valence-corrected chi connectivity index (χ1v) is 14.5. The number of halogens is 1. The van der Waals surface area contributed by atoms with E-state index in [9.17, 15) is 14.0 Å². The molecule has 6 heteroatoms. The van der Waals surface area contributed by atoms with Crippen LogP contribution in [0.1, 0.15) is 87.8 Å². The topological polar surface area (TPSA) is 61.4 Å². The standard InChI is InChI=1S/C32H46FN3O2/c1-24(2)32(38)35-29-16-11-25(3)30(23-29)27-17-21-36(22-18-27)20-8-19-34-31(37)10-7-5-4-6-9-26-12-14-28(33)15-13-26/h11-16,23-24,27H,4-10,17-22H2,1-3H3,(H,34,37)(H,35,38). The molecule has 2 amide bonds. The summed E-state index contributed by atoms with van der Waals surface area (Å²) < 4.78 is 12.9.